The van der Waals surface area contributed by atoms with Crippen molar-refractivity contribution < 1.29 is 23.5 Å². The van der Waals surface area contributed by atoms with Gasteiger partial charge in [-0.1, -0.05) is 39.0 Å². The summed E-state index contributed by atoms with van der Waals surface area (Å²) in [6, 6.07) is 1.06. The predicted octanol–water partition coefficient (Wildman–Crippen LogP) is 2.11. The van der Waals surface area contributed by atoms with Crippen molar-refractivity contribution in [2.45, 2.75) is 70.3 Å². The maximum atomic E-state index is 10.0. The van der Waals surface area contributed by atoms with Crippen molar-refractivity contribution in [3.8, 4) is 0 Å². The second kappa shape index (κ2) is 10.0. The Hall–Kier alpha value is 0.234. The predicted molar refractivity (Wildman–Crippen MR) is 85.0 cm³/mol. The van der Waals surface area contributed by atoms with E-state index in [0.717, 1.165) is 18.9 Å². The van der Waals surface area contributed by atoms with E-state index in [1.807, 2.05) is 0 Å². The van der Waals surface area contributed by atoms with Crippen molar-refractivity contribution in [2.75, 3.05) is 13.7 Å². The molecule has 0 amide bonds. The first kappa shape index (κ1) is 20.2. The summed E-state index contributed by atoms with van der Waals surface area (Å²) >= 11 is 0. The lowest BCUT2D eigenvalue weighted by molar-refractivity contribution is 0.0988. The third kappa shape index (κ3) is 9.22. The lowest BCUT2D eigenvalue weighted by Crippen LogP contribution is -2.52. The van der Waals surface area contributed by atoms with Crippen molar-refractivity contribution in [1.82, 2.24) is 0 Å². The molecule has 0 aliphatic carbocycles. The maximum absolute atomic E-state index is 10.0. The van der Waals surface area contributed by atoms with Crippen LogP contribution in [-0.4, -0.2) is 52.0 Å². The van der Waals surface area contributed by atoms with E-state index in [4.69, 9.17) is 13.6 Å². The van der Waals surface area contributed by atoms with Gasteiger partial charge in [-0.15, -0.1) is 0 Å². The highest BCUT2D eigenvalue weighted by Gasteiger charge is 2.43. The number of rotatable bonds is 12. The van der Waals surface area contributed by atoms with E-state index in [1.54, 1.807) is 20.2 Å². The molecule has 0 rings (SSSR count). The molecule has 0 saturated heterocycles. The van der Waals surface area contributed by atoms with Crippen LogP contribution in [-0.2, 0) is 8.54 Å². The topological polar surface area (TPSA) is 79.2 Å². The minimum Gasteiger partial charge on any atom is -0.415 e. The van der Waals surface area contributed by atoms with Gasteiger partial charge in [0.1, 0.15) is 0 Å². The van der Waals surface area contributed by atoms with E-state index in [-0.39, 0.29) is 6.61 Å². The minimum absolute atomic E-state index is 0.301. The summed E-state index contributed by atoms with van der Waals surface area (Å²) in [4.78, 5) is 10.0. The molecule has 0 aromatic rings. The Morgan fingerprint density at radius 3 is 2.15 bits per heavy atom. The first-order chi connectivity index (χ1) is 9.28. The van der Waals surface area contributed by atoms with Gasteiger partial charge in [-0.25, -0.2) is 0 Å². The molecule has 5 nitrogen and oxygen atoms in total. The Balaban J connectivity index is 4.57. The first-order valence-electron chi connectivity index (χ1n) is 7.55. The maximum Gasteiger partial charge on any atom is 0.331 e. The molecule has 3 N–H and O–H groups in total. The first-order valence-corrected chi connectivity index (χ1v) is 12.6. The van der Waals surface area contributed by atoms with Gasteiger partial charge in [0, 0.05) is 13.2 Å². The van der Waals surface area contributed by atoms with Gasteiger partial charge in [0.2, 0.25) is 0 Å². The summed E-state index contributed by atoms with van der Waals surface area (Å²) in [6.07, 6.45) is 4.85. The molecule has 0 saturated carbocycles. The molecule has 0 spiro atoms. The smallest absolute Gasteiger partial charge is 0.331 e. The zero-order chi connectivity index (χ0) is 15.6. The van der Waals surface area contributed by atoms with Crippen LogP contribution in [0.2, 0.25) is 25.2 Å². The van der Waals surface area contributed by atoms with Crippen LogP contribution in [0.25, 0.3) is 0 Å². The molecule has 0 heterocycles. The Labute approximate surface area is 125 Å². The minimum atomic E-state index is -2.72. The Morgan fingerprint density at radius 1 is 1.10 bits per heavy atom. The molecule has 0 aliphatic heterocycles. The summed E-state index contributed by atoms with van der Waals surface area (Å²) in [5, 5.41) is 18.8. The number of hydrogen-bond donors (Lipinski definition) is 3. The van der Waals surface area contributed by atoms with Gasteiger partial charge < -0.3 is 23.5 Å². The van der Waals surface area contributed by atoms with Crippen LogP contribution in [0.4, 0.5) is 0 Å². The number of hydrogen-bond acceptors (Lipinski definition) is 5. The van der Waals surface area contributed by atoms with Crippen LogP contribution >= 0.6 is 0 Å². The Kier molecular flexibility index (Phi) is 10.2. The third-order valence-corrected chi connectivity index (χ3v) is 9.67. The average molecular weight is 325 g/mol. The average Bonchev–Trinajstić information content (AvgIpc) is 2.36. The van der Waals surface area contributed by atoms with Gasteiger partial charge in [0.15, 0.2) is 0 Å². The lowest BCUT2D eigenvalue weighted by atomic mass is 10.2. The van der Waals surface area contributed by atoms with Crippen molar-refractivity contribution in [1.29, 1.82) is 0 Å². The van der Waals surface area contributed by atoms with Gasteiger partial charge in [-0.05, 0) is 19.1 Å². The van der Waals surface area contributed by atoms with Gasteiger partial charge >= 0.3 is 17.1 Å². The van der Waals surface area contributed by atoms with E-state index >= 15 is 0 Å². The van der Waals surface area contributed by atoms with Crippen molar-refractivity contribution in [2.24, 2.45) is 0 Å². The lowest BCUT2D eigenvalue weighted by Gasteiger charge is -2.35. The van der Waals surface area contributed by atoms with Gasteiger partial charge in [-0.3, -0.25) is 0 Å². The third-order valence-electron chi connectivity index (χ3n) is 3.23. The number of aliphatic hydroxyl groups excluding tert-OH is 2. The van der Waals surface area contributed by atoms with Gasteiger partial charge in [0.25, 0.3) is 0 Å². The quantitative estimate of drug-likeness (QED) is 0.378. The zero-order valence-corrected chi connectivity index (χ0v) is 15.4. The number of unbranched alkanes of at least 4 members (excludes halogenated alkanes) is 4. The van der Waals surface area contributed by atoms with Crippen LogP contribution in [0.3, 0.4) is 0 Å². The zero-order valence-electron chi connectivity index (χ0n) is 13.4. The van der Waals surface area contributed by atoms with Crippen LogP contribution in [0.5, 0.6) is 0 Å². The van der Waals surface area contributed by atoms with Gasteiger partial charge in [-0.2, -0.15) is 0 Å². The number of aliphatic hydroxyl groups is 2. The molecule has 0 aliphatic rings. The van der Waals surface area contributed by atoms with E-state index in [0.29, 0.717) is 6.04 Å². The molecule has 122 valence electrons. The fourth-order valence-corrected chi connectivity index (χ4v) is 9.23. The fraction of sp³-hybridized carbons (Fsp3) is 1.00. The highest BCUT2D eigenvalue weighted by molar-refractivity contribution is 6.79. The molecule has 7 heteroatoms. The molecule has 20 heavy (non-hydrogen) atoms. The second-order valence-electron chi connectivity index (χ2n) is 5.87. The SMILES string of the molecule is CCCCCCC[Si](CC(O)CO)(OC)O[Si](C)(C)O. The van der Waals surface area contributed by atoms with Crippen LogP contribution in [0.15, 0.2) is 0 Å². The summed E-state index contributed by atoms with van der Waals surface area (Å²) < 4.78 is 11.5. The standard InChI is InChI=1S/C13H32O5Si2/c1-5-6-7-8-9-10-20(17-2,12-13(15)11-14)18-19(3,4)16/h13-16H,5-12H2,1-4H3. The monoisotopic (exact) mass is 324 g/mol. The summed E-state index contributed by atoms with van der Waals surface area (Å²) in [6.45, 7) is 5.28. The van der Waals surface area contributed by atoms with E-state index in [1.165, 1.54) is 19.3 Å². The Morgan fingerprint density at radius 2 is 1.70 bits per heavy atom. The molecule has 0 bridgehead atoms. The van der Waals surface area contributed by atoms with Crippen LogP contribution in [0.1, 0.15) is 39.0 Å². The second-order valence-corrected chi connectivity index (χ2v) is 12.7. The highest BCUT2D eigenvalue weighted by Crippen LogP contribution is 2.27. The summed E-state index contributed by atoms with van der Waals surface area (Å²) in [5.74, 6) is 0. The van der Waals surface area contributed by atoms with Crippen molar-refractivity contribution in [3.63, 3.8) is 0 Å². The highest BCUT2D eigenvalue weighted by atomic mass is 28.5. The van der Waals surface area contributed by atoms with Crippen molar-refractivity contribution in [3.05, 3.63) is 0 Å². The van der Waals surface area contributed by atoms with Crippen molar-refractivity contribution >= 4 is 17.1 Å². The van der Waals surface area contributed by atoms with Gasteiger partial charge in [0.05, 0.1) is 12.7 Å². The molecule has 0 aromatic carbocycles. The van der Waals surface area contributed by atoms with Crippen LogP contribution < -0.4 is 0 Å². The van der Waals surface area contributed by atoms with E-state index in [2.05, 4.69) is 6.92 Å². The normalized spacial score (nSPS) is 16.9. The molecular formula is C13H32O5Si2. The molecule has 2 unspecified atom stereocenters. The van der Waals surface area contributed by atoms with E-state index < -0.39 is 23.2 Å². The molecule has 0 fully saturated rings. The molecule has 0 aromatic heterocycles. The fourth-order valence-electron chi connectivity index (χ4n) is 2.30. The largest absolute Gasteiger partial charge is 0.415 e. The van der Waals surface area contributed by atoms with Crippen LogP contribution in [0, 0.1) is 0 Å². The Bertz CT molecular complexity index is 247. The molecule has 2 atom stereocenters. The van der Waals surface area contributed by atoms with E-state index in [9.17, 15) is 9.90 Å². The summed E-state index contributed by atoms with van der Waals surface area (Å²) in [7, 11) is -3.79. The summed E-state index contributed by atoms with van der Waals surface area (Å²) in [5.41, 5.74) is 0. The molecule has 0 radical (unpaired) electrons. The molecular weight excluding hydrogens is 292 g/mol.